The molecule has 0 spiro atoms. The van der Waals surface area contributed by atoms with Crippen LogP contribution in [-0.4, -0.2) is 35.2 Å². The Hall–Kier alpha value is -4.18. The molecular formula is C32H36BrN3O6. The SMILES string of the molecule is Cc1cc(NC(=O)c2ccc(C(=O)Nc3ccc(Br)cc3)cc2)ccc1CCC(C)(C)OC(=O)NC(=O)OC(C)(C)C. The predicted octanol–water partition coefficient (Wildman–Crippen LogP) is 7.63. The summed E-state index contributed by atoms with van der Waals surface area (Å²) in [4.78, 5) is 49.3. The van der Waals surface area contributed by atoms with Gasteiger partial charge in [-0.05, 0) is 126 Å². The van der Waals surface area contributed by atoms with E-state index >= 15 is 0 Å². The zero-order valence-electron chi connectivity index (χ0n) is 24.6. The molecule has 0 unspecified atom stereocenters. The Morgan fingerprint density at radius 1 is 0.714 bits per heavy atom. The van der Waals surface area contributed by atoms with Crippen LogP contribution in [0.5, 0.6) is 0 Å². The first-order chi connectivity index (χ1) is 19.6. The summed E-state index contributed by atoms with van der Waals surface area (Å²) in [6.45, 7) is 10.6. The number of anilines is 2. The number of alkyl carbamates (subject to hydrolysis) is 2. The standard InChI is InChI=1S/C32H36BrN3O6/c1-20-19-26(14-11-21(20)17-18-32(5,6)42-30(40)36-29(39)41-31(2,3)4)35-28(38)23-9-7-22(8-10-23)27(37)34-25-15-12-24(33)13-16-25/h7-16,19H,17-18H2,1-6H3,(H,34,37)(H,35,38)(H,36,39,40). The molecule has 10 heteroatoms. The van der Waals surface area contributed by atoms with Gasteiger partial charge in [-0.25, -0.2) is 14.9 Å². The Labute approximate surface area is 254 Å². The van der Waals surface area contributed by atoms with E-state index in [1.54, 1.807) is 71.0 Å². The van der Waals surface area contributed by atoms with Gasteiger partial charge in [0.1, 0.15) is 11.2 Å². The van der Waals surface area contributed by atoms with Gasteiger partial charge in [0, 0.05) is 27.0 Å². The first kappa shape index (κ1) is 32.3. The number of nitrogens with one attached hydrogen (secondary N) is 3. The van der Waals surface area contributed by atoms with Crippen LogP contribution in [0.2, 0.25) is 0 Å². The highest BCUT2D eigenvalue weighted by atomic mass is 79.9. The molecule has 4 amide bonds. The molecule has 0 fully saturated rings. The summed E-state index contributed by atoms with van der Waals surface area (Å²) in [5.74, 6) is -0.569. The average Bonchev–Trinajstić information content (AvgIpc) is 2.88. The Morgan fingerprint density at radius 2 is 1.21 bits per heavy atom. The molecule has 0 aliphatic heterocycles. The van der Waals surface area contributed by atoms with Crippen LogP contribution in [0.4, 0.5) is 21.0 Å². The summed E-state index contributed by atoms with van der Waals surface area (Å²) in [5, 5.41) is 7.79. The Kier molecular flexibility index (Phi) is 10.5. The molecule has 0 aromatic heterocycles. The lowest BCUT2D eigenvalue weighted by atomic mass is 9.96. The van der Waals surface area contributed by atoms with Gasteiger partial charge in [0.25, 0.3) is 11.8 Å². The summed E-state index contributed by atoms with van der Waals surface area (Å²) < 4.78 is 11.4. The molecule has 0 saturated heterocycles. The molecule has 3 aromatic rings. The molecule has 0 atom stereocenters. The van der Waals surface area contributed by atoms with Crippen LogP contribution in [-0.2, 0) is 15.9 Å². The molecule has 3 aromatic carbocycles. The van der Waals surface area contributed by atoms with E-state index in [1.165, 1.54) is 0 Å². The maximum atomic E-state index is 12.8. The van der Waals surface area contributed by atoms with Crippen LogP contribution >= 0.6 is 15.9 Å². The van der Waals surface area contributed by atoms with Gasteiger partial charge < -0.3 is 20.1 Å². The van der Waals surface area contributed by atoms with Crippen LogP contribution in [0, 0.1) is 6.92 Å². The van der Waals surface area contributed by atoms with Crippen molar-refractivity contribution >= 4 is 51.3 Å². The summed E-state index contributed by atoms with van der Waals surface area (Å²) in [5.41, 5.74) is 2.57. The van der Waals surface area contributed by atoms with E-state index in [2.05, 4.69) is 31.9 Å². The maximum Gasteiger partial charge on any atom is 0.417 e. The number of benzene rings is 3. The number of hydrogen-bond donors (Lipinski definition) is 3. The third kappa shape index (κ3) is 10.3. The maximum absolute atomic E-state index is 12.8. The minimum Gasteiger partial charge on any atom is -0.443 e. The minimum absolute atomic E-state index is 0.271. The van der Waals surface area contributed by atoms with Crippen LogP contribution in [0.25, 0.3) is 0 Å². The van der Waals surface area contributed by atoms with E-state index in [-0.39, 0.29) is 11.8 Å². The molecule has 0 aliphatic rings. The Balaban J connectivity index is 1.52. The quantitative estimate of drug-likeness (QED) is 0.233. The van der Waals surface area contributed by atoms with Crippen molar-refractivity contribution in [3.8, 4) is 0 Å². The zero-order chi connectivity index (χ0) is 31.1. The topological polar surface area (TPSA) is 123 Å². The fourth-order valence-corrected chi connectivity index (χ4v) is 4.18. The largest absolute Gasteiger partial charge is 0.443 e. The van der Waals surface area contributed by atoms with Crippen molar-refractivity contribution in [2.75, 3.05) is 10.6 Å². The van der Waals surface area contributed by atoms with Gasteiger partial charge in [-0.1, -0.05) is 22.0 Å². The second kappa shape index (κ2) is 13.7. The van der Waals surface area contributed by atoms with Crippen molar-refractivity contribution in [1.82, 2.24) is 5.32 Å². The minimum atomic E-state index is -0.873. The zero-order valence-corrected chi connectivity index (χ0v) is 26.2. The van der Waals surface area contributed by atoms with Crippen molar-refractivity contribution < 1.29 is 28.7 Å². The van der Waals surface area contributed by atoms with E-state index in [1.807, 2.05) is 37.3 Å². The molecule has 0 aliphatic carbocycles. The monoisotopic (exact) mass is 637 g/mol. The fourth-order valence-electron chi connectivity index (χ4n) is 3.92. The molecule has 42 heavy (non-hydrogen) atoms. The van der Waals surface area contributed by atoms with Crippen molar-refractivity contribution in [1.29, 1.82) is 0 Å². The smallest absolute Gasteiger partial charge is 0.417 e. The third-order valence-electron chi connectivity index (χ3n) is 6.08. The molecule has 9 nitrogen and oxygen atoms in total. The van der Waals surface area contributed by atoms with E-state index < -0.39 is 23.4 Å². The second-order valence-corrected chi connectivity index (χ2v) is 12.3. The summed E-state index contributed by atoms with van der Waals surface area (Å²) in [6.07, 6.45) is -0.628. The number of aryl methyl sites for hydroxylation is 2. The summed E-state index contributed by atoms with van der Waals surface area (Å²) in [7, 11) is 0. The van der Waals surface area contributed by atoms with Gasteiger partial charge >= 0.3 is 12.2 Å². The number of ether oxygens (including phenoxy) is 2. The van der Waals surface area contributed by atoms with Crippen LogP contribution in [0.15, 0.2) is 71.2 Å². The molecule has 3 N–H and O–H groups in total. The van der Waals surface area contributed by atoms with E-state index in [0.717, 1.165) is 15.6 Å². The fraction of sp³-hybridized carbons (Fsp3) is 0.312. The third-order valence-corrected chi connectivity index (χ3v) is 6.61. The Bertz CT molecular complexity index is 1440. The van der Waals surface area contributed by atoms with Crippen molar-refractivity contribution in [2.45, 2.75) is 65.6 Å². The number of rotatable bonds is 8. The molecular weight excluding hydrogens is 602 g/mol. The molecule has 0 radical (unpaired) electrons. The number of amides is 4. The molecule has 3 rings (SSSR count). The number of hydrogen-bond acceptors (Lipinski definition) is 6. The average molecular weight is 639 g/mol. The van der Waals surface area contributed by atoms with Crippen LogP contribution < -0.4 is 16.0 Å². The van der Waals surface area contributed by atoms with Gasteiger partial charge in [-0.15, -0.1) is 0 Å². The van der Waals surface area contributed by atoms with Crippen LogP contribution in [0.3, 0.4) is 0 Å². The van der Waals surface area contributed by atoms with Gasteiger partial charge in [0.15, 0.2) is 0 Å². The van der Waals surface area contributed by atoms with Crippen molar-refractivity contribution in [3.63, 3.8) is 0 Å². The number of carbonyl (C=O) groups is 4. The lowest BCUT2D eigenvalue weighted by molar-refractivity contribution is 0.0238. The highest BCUT2D eigenvalue weighted by Crippen LogP contribution is 2.23. The van der Waals surface area contributed by atoms with E-state index in [4.69, 9.17) is 9.47 Å². The van der Waals surface area contributed by atoms with Gasteiger partial charge in [-0.2, -0.15) is 0 Å². The Morgan fingerprint density at radius 3 is 1.74 bits per heavy atom. The number of halogens is 1. The molecule has 0 bridgehead atoms. The first-order valence-corrected chi connectivity index (χ1v) is 14.2. The predicted molar refractivity (Wildman–Crippen MR) is 166 cm³/mol. The summed E-state index contributed by atoms with van der Waals surface area (Å²) in [6, 6.07) is 19.3. The molecule has 0 saturated carbocycles. The lowest BCUT2D eigenvalue weighted by Gasteiger charge is -2.26. The van der Waals surface area contributed by atoms with E-state index in [9.17, 15) is 19.2 Å². The van der Waals surface area contributed by atoms with Crippen molar-refractivity contribution in [3.05, 3.63) is 93.5 Å². The molecule has 222 valence electrons. The van der Waals surface area contributed by atoms with Crippen LogP contribution in [0.1, 0.15) is 72.9 Å². The second-order valence-electron chi connectivity index (χ2n) is 11.4. The normalized spacial score (nSPS) is 11.3. The van der Waals surface area contributed by atoms with E-state index in [0.29, 0.717) is 35.3 Å². The van der Waals surface area contributed by atoms with Gasteiger partial charge in [-0.3, -0.25) is 9.59 Å². The summed E-state index contributed by atoms with van der Waals surface area (Å²) >= 11 is 3.36. The van der Waals surface area contributed by atoms with Crippen molar-refractivity contribution in [2.24, 2.45) is 0 Å². The lowest BCUT2D eigenvalue weighted by Crippen LogP contribution is -2.40. The van der Waals surface area contributed by atoms with Gasteiger partial charge in [0.2, 0.25) is 0 Å². The highest BCUT2D eigenvalue weighted by molar-refractivity contribution is 9.10. The first-order valence-electron chi connectivity index (χ1n) is 13.4. The molecule has 0 heterocycles. The van der Waals surface area contributed by atoms with Gasteiger partial charge in [0.05, 0.1) is 0 Å². The number of imide groups is 1. The highest BCUT2D eigenvalue weighted by Gasteiger charge is 2.26. The number of carbonyl (C=O) groups excluding carboxylic acids is 4.